The van der Waals surface area contributed by atoms with Gasteiger partial charge >= 0.3 is 0 Å². The van der Waals surface area contributed by atoms with Gasteiger partial charge in [0.1, 0.15) is 6.54 Å². The summed E-state index contributed by atoms with van der Waals surface area (Å²) in [6.45, 7) is -0.0830. The van der Waals surface area contributed by atoms with Crippen molar-refractivity contribution in [2.24, 2.45) is 5.10 Å². The molecule has 4 rings (SSSR count). The molecule has 2 heterocycles. The van der Waals surface area contributed by atoms with Gasteiger partial charge in [0.2, 0.25) is 0 Å². The Morgan fingerprint density at radius 1 is 1.12 bits per heavy atom. The number of rotatable bonds is 4. The van der Waals surface area contributed by atoms with Crippen LogP contribution in [0, 0.1) is 0 Å². The average molecular weight is 330 g/mol. The quantitative estimate of drug-likeness (QED) is 0.589. The number of amides is 2. The topological polar surface area (TPSA) is 74.7 Å². The molecule has 1 aromatic heterocycles. The summed E-state index contributed by atoms with van der Waals surface area (Å²) in [5.74, 6) is -0.525. The maximum atomic E-state index is 12.6. The van der Waals surface area contributed by atoms with Crippen molar-refractivity contribution >= 4 is 34.5 Å². The fraction of sp³-hybridized carbons (Fsp3) is 0.0526. The SMILES string of the molecule is O=C(CN1C(=O)c2cccc3cccc1c23)N/N=C\c1ccncc1. The van der Waals surface area contributed by atoms with Gasteiger partial charge in [-0.2, -0.15) is 5.10 Å². The van der Waals surface area contributed by atoms with Crippen LogP contribution in [0.1, 0.15) is 15.9 Å². The summed E-state index contributed by atoms with van der Waals surface area (Å²) < 4.78 is 0. The average Bonchev–Trinajstić information content (AvgIpc) is 2.91. The molecule has 1 aliphatic heterocycles. The minimum absolute atomic E-state index is 0.0830. The molecule has 122 valence electrons. The molecule has 2 aromatic carbocycles. The second-order valence-corrected chi connectivity index (χ2v) is 5.65. The van der Waals surface area contributed by atoms with Gasteiger partial charge in [-0.05, 0) is 35.2 Å². The molecule has 0 fully saturated rings. The lowest BCUT2D eigenvalue weighted by molar-refractivity contribution is -0.119. The van der Waals surface area contributed by atoms with Crippen molar-refractivity contribution in [3.05, 3.63) is 72.1 Å². The predicted octanol–water partition coefficient (Wildman–Crippen LogP) is 2.35. The molecule has 0 saturated carbocycles. The van der Waals surface area contributed by atoms with E-state index in [2.05, 4.69) is 15.5 Å². The van der Waals surface area contributed by atoms with E-state index in [-0.39, 0.29) is 18.4 Å². The molecule has 0 saturated heterocycles. The van der Waals surface area contributed by atoms with Crippen LogP contribution < -0.4 is 10.3 Å². The molecule has 1 N–H and O–H groups in total. The zero-order valence-corrected chi connectivity index (χ0v) is 13.2. The van der Waals surface area contributed by atoms with Gasteiger partial charge in [0.15, 0.2) is 0 Å². The van der Waals surface area contributed by atoms with Gasteiger partial charge < -0.3 is 0 Å². The number of hydrogen-bond acceptors (Lipinski definition) is 4. The second-order valence-electron chi connectivity index (χ2n) is 5.65. The van der Waals surface area contributed by atoms with Crippen molar-refractivity contribution in [2.75, 3.05) is 11.4 Å². The fourth-order valence-corrected chi connectivity index (χ4v) is 2.94. The standard InChI is InChI=1S/C19H14N4O2/c24-17(22-21-11-13-7-9-20-10-8-13)12-23-16-6-2-4-14-3-1-5-15(18(14)16)19(23)25/h1-11H,12H2,(H,22,24)/b21-11-. The molecular formula is C19H14N4O2. The van der Waals surface area contributed by atoms with Crippen LogP contribution in [0.5, 0.6) is 0 Å². The fourth-order valence-electron chi connectivity index (χ4n) is 2.94. The highest BCUT2D eigenvalue weighted by atomic mass is 16.2. The van der Waals surface area contributed by atoms with Crippen LogP contribution in [0.4, 0.5) is 5.69 Å². The highest BCUT2D eigenvalue weighted by molar-refractivity contribution is 6.26. The zero-order valence-electron chi connectivity index (χ0n) is 13.2. The molecule has 0 spiro atoms. The number of aromatic nitrogens is 1. The maximum Gasteiger partial charge on any atom is 0.260 e. The Morgan fingerprint density at radius 2 is 1.88 bits per heavy atom. The van der Waals surface area contributed by atoms with Crippen LogP contribution in [0.3, 0.4) is 0 Å². The maximum absolute atomic E-state index is 12.6. The van der Waals surface area contributed by atoms with Crippen molar-refractivity contribution in [1.29, 1.82) is 0 Å². The zero-order chi connectivity index (χ0) is 17.2. The van der Waals surface area contributed by atoms with Gasteiger partial charge in [-0.15, -0.1) is 0 Å². The molecule has 1 aliphatic rings. The van der Waals surface area contributed by atoms with E-state index in [0.717, 1.165) is 22.0 Å². The Hall–Kier alpha value is -3.54. The Bertz CT molecular complexity index is 993. The van der Waals surface area contributed by atoms with Crippen LogP contribution in [-0.2, 0) is 4.79 Å². The highest BCUT2D eigenvalue weighted by Crippen LogP contribution is 2.36. The van der Waals surface area contributed by atoms with Crippen molar-refractivity contribution in [3.8, 4) is 0 Å². The lowest BCUT2D eigenvalue weighted by atomic mass is 10.1. The number of nitrogens with zero attached hydrogens (tertiary/aromatic N) is 3. The monoisotopic (exact) mass is 330 g/mol. The Balaban J connectivity index is 1.50. The molecule has 2 amide bonds. The van der Waals surface area contributed by atoms with E-state index in [0.29, 0.717) is 5.56 Å². The molecular weight excluding hydrogens is 316 g/mol. The largest absolute Gasteiger partial charge is 0.298 e. The number of hydrogen-bond donors (Lipinski definition) is 1. The third kappa shape index (κ3) is 2.74. The summed E-state index contributed by atoms with van der Waals surface area (Å²) in [5.41, 5.74) is 4.66. The van der Waals surface area contributed by atoms with E-state index in [1.807, 2.05) is 30.3 Å². The number of nitrogens with one attached hydrogen (secondary N) is 1. The normalized spacial score (nSPS) is 13.0. The second kappa shape index (κ2) is 6.16. The van der Waals surface area contributed by atoms with Crippen LogP contribution in [0.2, 0.25) is 0 Å². The van der Waals surface area contributed by atoms with Crippen LogP contribution in [0.25, 0.3) is 10.8 Å². The molecule has 25 heavy (non-hydrogen) atoms. The predicted molar refractivity (Wildman–Crippen MR) is 95.6 cm³/mol. The van der Waals surface area contributed by atoms with Gasteiger partial charge in [0, 0.05) is 23.3 Å². The first-order valence-corrected chi connectivity index (χ1v) is 7.79. The van der Waals surface area contributed by atoms with Crippen molar-refractivity contribution in [1.82, 2.24) is 10.4 Å². The number of carbonyl (C=O) groups excluding carboxylic acids is 2. The Kier molecular flexibility index (Phi) is 3.70. The molecule has 0 radical (unpaired) electrons. The van der Waals surface area contributed by atoms with Crippen molar-refractivity contribution in [3.63, 3.8) is 0 Å². The number of anilines is 1. The van der Waals surface area contributed by atoms with Gasteiger partial charge in [-0.1, -0.05) is 24.3 Å². The third-order valence-electron chi connectivity index (χ3n) is 4.06. The third-order valence-corrected chi connectivity index (χ3v) is 4.06. The first kappa shape index (κ1) is 15.0. The molecule has 6 nitrogen and oxygen atoms in total. The molecule has 0 atom stereocenters. The van der Waals surface area contributed by atoms with E-state index in [1.165, 1.54) is 11.1 Å². The van der Waals surface area contributed by atoms with Gasteiger partial charge in [0.25, 0.3) is 11.8 Å². The minimum atomic E-state index is -0.358. The summed E-state index contributed by atoms with van der Waals surface area (Å²) >= 11 is 0. The molecule has 0 aliphatic carbocycles. The van der Waals surface area contributed by atoms with E-state index in [4.69, 9.17) is 0 Å². The van der Waals surface area contributed by atoms with Gasteiger partial charge in [-0.3, -0.25) is 19.5 Å². The minimum Gasteiger partial charge on any atom is -0.298 e. The van der Waals surface area contributed by atoms with Crippen molar-refractivity contribution in [2.45, 2.75) is 0 Å². The van der Waals surface area contributed by atoms with Gasteiger partial charge in [0.05, 0.1) is 11.9 Å². The summed E-state index contributed by atoms with van der Waals surface area (Å²) in [6, 6.07) is 14.8. The van der Waals surface area contributed by atoms with E-state index < -0.39 is 0 Å². The molecule has 6 heteroatoms. The molecule has 3 aromatic rings. The first-order valence-electron chi connectivity index (χ1n) is 7.79. The number of benzene rings is 2. The Morgan fingerprint density at radius 3 is 2.68 bits per heavy atom. The number of pyridine rings is 1. The van der Waals surface area contributed by atoms with Gasteiger partial charge in [-0.25, -0.2) is 5.43 Å². The van der Waals surface area contributed by atoms with E-state index in [9.17, 15) is 9.59 Å². The first-order chi connectivity index (χ1) is 12.2. The lowest BCUT2D eigenvalue weighted by Crippen LogP contribution is -2.37. The Labute approximate surface area is 143 Å². The summed E-state index contributed by atoms with van der Waals surface area (Å²) in [4.78, 5) is 30.2. The lowest BCUT2D eigenvalue weighted by Gasteiger charge is -2.16. The number of hydrazone groups is 1. The highest BCUT2D eigenvalue weighted by Gasteiger charge is 2.30. The summed E-state index contributed by atoms with van der Waals surface area (Å²) in [7, 11) is 0. The summed E-state index contributed by atoms with van der Waals surface area (Å²) in [6.07, 6.45) is 4.81. The van der Waals surface area contributed by atoms with E-state index >= 15 is 0 Å². The van der Waals surface area contributed by atoms with Crippen LogP contribution >= 0.6 is 0 Å². The smallest absolute Gasteiger partial charge is 0.260 e. The van der Waals surface area contributed by atoms with Crippen molar-refractivity contribution < 1.29 is 9.59 Å². The van der Waals surface area contributed by atoms with Crippen LogP contribution in [0.15, 0.2) is 66.0 Å². The molecule has 0 unspecified atom stereocenters. The molecule has 0 bridgehead atoms. The number of carbonyl (C=O) groups is 2. The summed E-state index contributed by atoms with van der Waals surface area (Å²) in [5, 5.41) is 5.80. The van der Waals surface area contributed by atoms with E-state index in [1.54, 1.807) is 30.6 Å². The van der Waals surface area contributed by atoms with Crippen LogP contribution in [-0.4, -0.2) is 29.6 Å².